The second-order valence-corrected chi connectivity index (χ2v) is 6.38. The number of fused-ring (bicyclic) bond motifs is 1. The van der Waals surface area contributed by atoms with Crippen molar-refractivity contribution in [1.82, 2.24) is 4.90 Å². The zero-order valence-electron chi connectivity index (χ0n) is 14.3. The van der Waals surface area contributed by atoms with Crippen molar-refractivity contribution in [1.29, 1.82) is 0 Å². The Labute approximate surface area is 145 Å². The molecule has 2 heterocycles. The predicted octanol–water partition coefficient (Wildman–Crippen LogP) is 4.07. The summed E-state index contributed by atoms with van der Waals surface area (Å²) in [5, 5.41) is 3.80. The largest absolute Gasteiger partial charge is 0.445 e. The van der Waals surface area contributed by atoms with Crippen LogP contribution in [0.5, 0.6) is 0 Å². The minimum absolute atomic E-state index is 0.257. The molecule has 1 aliphatic rings. The highest BCUT2D eigenvalue weighted by Crippen LogP contribution is 2.33. The van der Waals surface area contributed by atoms with Crippen LogP contribution >= 0.6 is 0 Å². The van der Waals surface area contributed by atoms with Crippen molar-refractivity contribution in [3.05, 3.63) is 29.5 Å². The topological polar surface area (TPSA) is 28.4 Å². The lowest BCUT2D eigenvalue weighted by Crippen LogP contribution is -2.46. The molecule has 1 N–H and O–H groups in total. The van der Waals surface area contributed by atoms with Gasteiger partial charge in [-0.15, -0.1) is 0 Å². The van der Waals surface area contributed by atoms with Crippen molar-refractivity contribution in [2.75, 3.05) is 25.5 Å². The van der Waals surface area contributed by atoms with E-state index in [-0.39, 0.29) is 11.8 Å². The summed E-state index contributed by atoms with van der Waals surface area (Å²) in [5.74, 6) is 5.71. The summed E-state index contributed by atoms with van der Waals surface area (Å²) in [5.41, 5.74) is 1.49. The summed E-state index contributed by atoms with van der Waals surface area (Å²) in [7, 11) is 1.89. The molecule has 2 aromatic rings. The first-order valence-corrected chi connectivity index (χ1v) is 8.34. The second-order valence-electron chi connectivity index (χ2n) is 6.38. The fourth-order valence-corrected chi connectivity index (χ4v) is 3.27. The molecule has 0 saturated carbocycles. The summed E-state index contributed by atoms with van der Waals surface area (Å²) in [6.45, 7) is 2.80. The molecule has 1 aromatic carbocycles. The fraction of sp³-hybridized carbons (Fsp3) is 0.474. The quantitative estimate of drug-likeness (QED) is 0.843. The zero-order valence-corrected chi connectivity index (χ0v) is 14.3. The van der Waals surface area contributed by atoms with Crippen LogP contribution in [0.1, 0.15) is 24.7 Å². The van der Waals surface area contributed by atoms with Crippen LogP contribution in [-0.4, -0.2) is 43.7 Å². The van der Waals surface area contributed by atoms with Crippen LogP contribution < -0.4 is 5.32 Å². The average Bonchev–Trinajstić information content (AvgIpc) is 2.89. The number of anilines is 1. The Morgan fingerprint density at radius 2 is 2.20 bits per heavy atom. The lowest BCUT2D eigenvalue weighted by atomic mass is 10.0. The number of nitrogens with one attached hydrogen (secondary N) is 1. The van der Waals surface area contributed by atoms with E-state index < -0.39 is 19.0 Å². The van der Waals surface area contributed by atoms with Crippen molar-refractivity contribution in [3.63, 3.8) is 0 Å². The van der Waals surface area contributed by atoms with Crippen molar-refractivity contribution in [2.24, 2.45) is 0 Å². The number of benzene rings is 1. The number of hydrogen-bond donors (Lipinski definition) is 1. The summed E-state index contributed by atoms with van der Waals surface area (Å²) in [6.07, 6.45) is -3.24. The molecule has 6 heteroatoms. The first-order valence-electron chi connectivity index (χ1n) is 8.34. The third kappa shape index (κ3) is 3.77. The van der Waals surface area contributed by atoms with E-state index in [2.05, 4.69) is 17.2 Å². The molecule has 3 rings (SSSR count). The smallest absolute Gasteiger partial charge is 0.242 e. The van der Waals surface area contributed by atoms with Crippen LogP contribution in [0, 0.1) is 11.8 Å². The van der Waals surface area contributed by atoms with E-state index in [4.69, 9.17) is 4.42 Å². The van der Waals surface area contributed by atoms with E-state index in [1.165, 1.54) is 0 Å². The molecule has 0 amide bonds. The molecular weight excluding hydrogens is 329 g/mol. The molecule has 0 radical (unpaired) electrons. The van der Waals surface area contributed by atoms with Gasteiger partial charge in [-0.1, -0.05) is 18.1 Å². The van der Waals surface area contributed by atoms with Gasteiger partial charge < -0.3 is 14.6 Å². The Hall–Kier alpha value is -2.13. The van der Waals surface area contributed by atoms with E-state index in [0.29, 0.717) is 35.2 Å². The number of furan rings is 1. The van der Waals surface area contributed by atoms with Gasteiger partial charge in [0, 0.05) is 30.5 Å². The van der Waals surface area contributed by atoms with Crippen molar-refractivity contribution < 1.29 is 17.6 Å². The van der Waals surface area contributed by atoms with E-state index in [1.807, 2.05) is 11.9 Å². The number of nitrogens with zero attached hydrogens (tertiary/aromatic N) is 1. The molecule has 1 fully saturated rings. The molecule has 0 bridgehead atoms. The van der Waals surface area contributed by atoms with E-state index in [0.717, 1.165) is 6.54 Å². The number of para-hydroxylation sites is 1. The van der Waals surface area contributed by atoms with Crippen LogP contribution in [0.3, 0.4) is 0 Å². The van der Waals surface area contributed by atoms with E-state index in [1.54, 1.807) is 25.1 Å². The maximum absolute atomic E-state index is 14.3. The van der Waals surface area contributed by atoms with E-state index >= 15 is 0 Å². The first-order chi connectivity index (χ1) is 12.0. The van der Waals surface area contributed by atoms with Gasteiger partial charge in [0.2, 0.25) is 6.43 Å². The Bertz CT molecular complexity index is 806. The van der Waals surface area contributed by atoms with Gasteiger partial charge in [-0.2, -0.15) is 0 Å². The molecule has 134 valence electrons. The lowest BCUT2D eigenvalue weighted by Gasteiger charge is -2.33. The van der Waals surface area contributed by atoms with Crippen LogP contribution in [0.25, 0.3) is 11.0 Å². The number of rotatable bonds is 4. The number of halogens is 3. The monoisotopic (exact) mass is 350 g/mol. The fourth-order valence-electron chi connectivity index (χ4n) is 3.27. The third-order valence-electron chi connectivity index (χ3n) is 4.50. The number of piperidine rings is 1. The van der Waals surface area contributed by atoms with Crippen LogP contribution in [0.2, 0.25) is 0 Å². The molecule has 1 aliphatic heterocycles. The van der Waals surface area contributed by atoms with Gasteiger partial charge in [0.05, 0.1) is 11.7 Å². The predicted molar refractivity (Wildman–Crippen MR) is 92.9 cm³/mol. The van der Waals surface area contributed by atoms with Gasteiger partial charge in [0.1, 0.15) is 6.17 Å². The SMILES string of the molecule is CC#Cc1oc2c(N[C@H]3CCN(C)C[C@H]3F)cccc2c1CC(F)F. The zero-order chi connectivity index (χ0) is 18.0. The Kier molecular flexibility index (Phi) is 5.24. The van der Waals surface area contributed by atoms with Gasteiger partial charge in [0.15, 0.2) is 11.3 Å². The minimum atomic E-state index is -2.49. The van der Waals surface area contributed by atoms with Gasteiger partial charge in [0.25, 0.3) is 0 Å². The minimum Gasteiger partial charge on any atom is -0.445 e. The molecule has 3 nitrogen and oxygen atoms in total. The normalized spacial score (nSPS) is 21.4. The Morgan fingerprint density at radius 3 is 2.88 bits per heavy atom. The number of likely N-dealkylation sites (tertiary alicyclic amines) is 1. The van der Waals surface area contributed by atoms with Crippen LogP contribution in [-0.2, 0) is 6.42 Å². The standard InChI is InChI=1S/C19H21F3N2O/c1-3-5-17-13(10-18(21)22)12-6-4-7-16(19(12)25-17)23-15-8-9-24(2)11-14(15)20/h4,6-7,14-15,18,23H,8-11H2,1-2H3/t14-,15+/m1/s1. The molecule has 1 aromatic heterocycles. The molecule has 0 unspecified atom stereocenters. The van der Waals surface area contributed by atoms with Crippen LogP contribution in [0.4, 0.5) is 18.9 Å². The maximum Gasteiger partial charge on any atom is 0.242 e. The lowest BCUT2D eigenvalue weighted by molar-refractivity contribution is 0.149. The van der Waals surface area contributed by atoms with Gasteiger partial charge in [-0.3, -0.25) is 0 Å². The molecule has 2 atom stereocenters. The van der Waals surface area contributed by atoms with Gasteiger partial charge >= 0.3 is 0 Å². The third-order valence-corrected chi connectivity index (χ3v) is 4.50. The van der Waals surface area contributed by atoms with Crippen LogP contribution in [0.15, 0.2) is 22.6 Å². The number of hydrogen-bond acceptors (Lipinski definition) is 3. The highest BCUT2D eigenvalue weighted by atomic mass is 19.3. The average molecular weight is 350 g/mol. The highest BCUT2D eigenvalue weighted by Gasteiger charge is 2.28. The van der Waals surface area contributed by atoms with Gasteiger partial charge in [-0.05, 0) is 32.4 Å². The Morgan fingerprint density at radius 1 is 1.40 bits per heavy atom. The van der Waals surface area contributed by atoms with Gasteiger partial charge in [-0.25, -0.2) is 13.2 Å². The maximum atomic E-state index is 14.3. The second kappa shape index (κ2) is 7.40. The van der Waals surface area contributed by atoms with Crippen molar-refractivity contribution >= 4 is 16.7 Å². The summed E-state index contributed by atoms with van der Waals surface area (Å²) >= 11 is 0. The summed E-state index contributed by atoms with van der Waals surface area (Å²) < 4.78 is 46.0. The molecule has 1 saturated heterocycles. The van der Waals surface area contributed by atoms with E-state index in [9.17, 15) is 13.2 Å². The summed E-state index contributed by atoms with van der Waals surface area (Å²) in [4.78, 5) is 1.95. The molecule has 25 heavy (non-hydrogen) atoms. The first kappa shape index (κ1) is 17.7. The van der Waals surface area contributed by atoms with Crippen molar-refractivity contribution in [3.8, 4) is 11.8 Å². The number of alkyl halides is 3. The highest BCUT2D eigenvalue weighted by molar-refractivity contribution is 5.93. The molecule has 0 spiro atoms. The Balaban J connectivity index is 1.97. The molecular formula is C19H21F3N2O. The molecule has 0 aliphatic carbocycles. The summed E-state index contributed by atoms with van der Waals surface area (Å²) in [6, 6.07) is 4.96. The van der Waals surface area contributed by atoms with Crippen molar-refractivity contribution in [2.45, 2.75) is 38.4 Å².